The first-order chi connectivity index (χ1) is 11.2. The van der Waals surface area contributed by atoms with Crippen molar-refractivity contribution in [2.75, 3.05) is 5.32 Å². The first-order valence-electron chi connectivity index (χ1n) is 6.41. The van der Waals surface area contributed by atoms with Crippen LogP contribution in [0.4, 0.5) is 18.9 Å². The maximum absolute atomic E-state index is 12.6. The van der Waals surface area contributed by atoms with Crippen molar-refractivity contribution < 1.29 is 18.0 Å². The fraction of sp³-hybridized carbons (Fsp3) is 0.0667. The summed E-state index contributed by atoms with van der Waals surface area (Å²) < 4.78 is 37.7. The van der Waals surface area contributed by atoms with Crippen LogP contribution in [0.3, 0.4) is 0 Å². The van der Waals surface area contributed by atoms with E-state index in [0.29, 0.717) is 10.6 Å². The molecule has 0 heterocycles. The van der Waals surface area contributed by atoms with Gasteiger partial charge in [-0.2, -0.15) is 13.2 Å². The molecule has 126 valence electrons. The third kappa shape index (κ3) is 4.83. The Labute approximate surface area is 150 Å². The fourth-order valence-electron chi connectivity index (χ4n) is 1.72. The number of thiocarbonyl (C=S) groups is 1. The zero-order chi connectivity index (χ0) is 17.9. The lowest BCUT2D eigenvalue weighted by molar-refractivity contribution is -0.137. The highest BCUT2D eigenvalue weighted by Gasteiger charge is 2.30. The monoisotopic (exact) mass is 392 g/mol. The summed E-state index contributed by atoms with van der Waals surface area (Å²) in [5, 5.41) is 5.17. The molecule has 0 unspecified atom stereocenters. The molecule has 0 aromatic heterocycles. The van der Waals surface area contributed by atoms with E-state index in [-0.39, 0.29) is 15.8 Å². The highest BCUT2D eigenvalue weighted by atomic mass is 35.5. The number of hydrogen-bond donors (Lipinski definition) is 2. The molecule has 0 aliphatic heterocycles. The van der Waals surface area contributed by atoms with Crippen LogP contribution in [0, 0.1) is 0 Å². The Bertz CT molecular complexity index is 779. The van der Waals surface area contributed by atoms with Crippen molar-refractivity contribution in [2.45, 2.75) is 6.18 Å². The number of carbonyl (C=O) groups excluding carboxylic acids is 1. The van der Waals surface area contributed by atoms with Crippen LogP contribution in [-0.4, -0.2) is 11.0 Å². The van der Waals surface area contributed by atoms with E-state index in [9.17, 15) is 18.0 Å². The lowest BCUT2D eigenvalue weighted by atomic mass is 10.2. The zero-order valence-electron chi connectivity index (χ0n) is 11.7. The molecule has 9 heteroatoms. The Morgan fingerprint density at radius 1 is 1.04 bits per heavy atom. The Morgan fingerprint density at radius 2 is 1.67 bits per heavy atom. The molecule has 24 heavy (non-hydrogen) atoms. The summed E-state index contributed by atoms with van der Waals surface area (Å²) in [5.74, 6) is -0.493. The van der Waals surface area contributed by atoms with Crippen molar-refractivity contribution in [3.05, 3.63) is 63.6 Å². The van der Waals surface area contributed by atoms with Crippen molar-refractivity contribution >= 4 is 52.1 Å². The van der Waals surface area contributed by atoms with E-state index in [1.807, 2.05) is 0 Å². The van der Waals surface area contributed by atoms with Crippen molar-refractivity contribution in [1.29, 1.82) is 0 Å². The lowest BCUT2D eigenvalue weighted by Gasteiger charge is -2.13. The fourth-order valence-corrected chi connectivity index (χ4v) is 2.28. The predicted octanol–water partition coefficient (Wildman–Crippen LogP) is 5.14. The smallest absolute Gasteiger partial charge is 0.331 e. The molecule has 0 bridgehead atoms. The second-order valence-corrected chi connectivity index (χ2v) is 5.86. The van der Waals surface area contributed by atoms with Crippen molar-refractivity contribution in [3.8, 4) is 0 Å². The third-order valence-electron chi connectivity index (χ3n) is 2.88. The minimum Gasteiger partial charge on any atom is -0.331 e. The van der Waals surface area contributed by atoms with Gasteiger partial charge in [0.05, 0.1) is 16.3 Å². The van der Waals surface area contributed by atoms with Gasteiger partial charge in [-0.25, -0.2) is 0 Å². The number of rotatable bonds is 2. The lowest BCUT2D eigenvalue weighted by Crippen LogP contribution is -2.34. The average Bonchev–Trinajstić information content (AvgIpc) is 2.48. The molecule has 0 fully saturated rings. The standard InChI is InChI=1S/C15H9Cl2F3N2OS/c16-10-4-1-8(2-5-10)13(23)22-14(24)21-12-6-3-9(7-11(12)17)15(18,19)20/h1-7H,(H2,21,22,23,24). The SMILES string of the molecule is O=C(NC(=S)Nc1ccc(C(F)(F)F)cc1Cl)c1ccc(Cl)cc1. The predicted molar refractivity (Wildman–Crippen MR) is 91.6 cm³/mol. The number of benzene rings is 2. The van der Waals surface area contributed by atoms with E-state index in [0.717, 1.165) is 18.2 Å². The maximum Gasteiger partial charge on any atom is 0.416 e. The van der Waals surface area contributed by atoms with Gasteiger partial charge >= 0.3 is 6.18 Å². The molecule has 1 amide bonds. The first-order valence-corrected chi connectivity index (χ1v) is 7.58. The number of alkyl halides is 3. The molecule has 2 rings (SSSR count). The van der Waals surface area contributed by atoms with Crippen molar-refractivity contribution in [3.63, 3.8) is 0 Å². The van der Waals surface area contributed by atoms with Crippen molar-refractivity contribution in [2.24, 2.45) is 0 Å². The van der Waals surface area contributed by atoms with Crippen LogP contribution in [0.15, 0.2) is 42.5 Å². The summed E-state index contributed by atoms with van der Waals surface area (Å²) in [6, 6.07) is 8.85. The van der Waals surface area contributed by atoms with Crippen LogP contribution in [0.1, 0.15) is 15.9 Å². The Hall–Kier alpha value is -1.83. The normalized spacial score (nSPS) is 11.0. The molecule has 0 aliphatic carbocycles. The Kier molecular flexibility index (Phi) is 5.69. The third-order valence-corrected chi connectivity index (χ3v) is 3.65. The highest BCUT2D eigenvalue weighted by molar-refractivity contribution is 7.80. The van der Waals surface area contributed by atoms with Crippen LogP contribution in [0.25, 0.3) is 0 Å². The van der Waals surface area contributed by atoms with Gasteiger partial charge in [0.25, 0.3) is 5.91 Å². The summed E-state index contributed by atoms with van der Waals surface area (Å²) in [6.07, 6.45) is -4.49. The molecule has 2 aromatic rings. The topological polar surface area (TPSA) is 41.1 Å². The molecule has 0 radical (unpaired) electrons. The molecule has 0 saturated carbocycles. The molecule has 2 aromatic carbocycles. The van der Waals surface area contributed by atoms with Gasteiger partial charge in [-0.05, 0) is 54.7 Å². The molecule has 2 N–H and O–H groups in total. The summed E-state index contributed by atoms with van der Waals surface area (Å²) in [4.78, 5) is 12.0. The van der Waals surface area contributed by atoms with Crippen LogP contribution in [-0.2, 0) is 6.18 Å². The van der Waals surface area contributed by atoms with Gasteiger partial charge in [-0.1, -0.05) is 23.2 Å². The molecular weight excluding hydrogens is 384 g/mol. The van der Waals surface area contributed by atoms with Gasteiger partial charge in [0.2, 0.25) is 0 Å². The number of hydrogen-bond acceptors (Lipinski definition) is 2. The molecule has 0 saturated heterocycles. The van der Waals surface area contributed by atoms with E-state index in [4.69, 9.17) is 35.4 Å². The highest BCUT2D eigenvalue weighted by Crippen LogP contribution is 2.33. The molecule has 0 atom stereocenters. The summed E-state index contributed by atoms with van der Waals surface area (Å²) in [7, 11) is 0. The van der Waals surface area contributed by atoms with Crippen LogP contribution >= 0.6 is 35.4 Å². The molecule has 0 spiro atoms. The van der Waals surface area contributed by atoms with E-state index < -0.39 is 17.6 Å². The van der Waals surface area contributed by atoms with Crippen LogP contribution < -0.4 is 10.6 Å². The second kappa shape index (κ2) is 7.38. The number of halogens is 5. The number of anilines is 1. The van der Waals surface area contributed by atoms with Gasteiger partial charge in [0.1, 0.15) is 0 Å². The quantitative estimate of drug-likeness (QED) is 0.695. The second-order valence-electron chi connectivity index (χ2n) is 4.61. The molecule has 3 nitrogen and oxygen atoms in total. The summed E-state index contributed by atoms with van der Waals surface area (Å²) in [6.45, 7) is 0. The van der Waals surface area contributed by atoms with Gasteiger partial charge in [-0.15, -0.1) is 0 Å². The van der Waals surface area contributed by atoms with E-state index in [1.165, 1.54) is 12.1 Å². The van der Waals surface area contributed by atoms with E-state index in [1.54, 1.807) is 12.1 Å². The summed E-state index contributed by atoms with van der Waals surface area (Å²) in [5.41, 5.74) is -0.415. The number of nitrogens with one attached hydrogen (secondary N) is 2. The Balaban J connectivity index is 2.04. The van der Waals surface area contributed by atoms with E-state index in [2.05, 4.69) is 10.6 Å². The molecule has 0 aliphatic rings. The summed E-state index contributed by atoms with van der Waals surface area (Å²) >= 11 is 16.5. The van der Waals surface area contributed by atoms with Crippen molar-refractivity contribution in [1.82, 2.24) is 5.32 Å². The number of amides is 1. The first kappa shape index (κ1) is 18.5. The van der Waals surface area contributed by atoms with E-state index >= 15 is 0 Å². The largest absolute Gasteiger partial charge is 0.416 e. The van der Waals surface area contributed by atoms with Crippen LogP contribution in [0.5, 0.6) is 0 Å². The van der Waals surface area contributed by atoms with Gasteiger partial charge < -0.3 is 5.32 Å². The zero-order valence-corrected chi connectivity index (χ0v) is 14.1. The number of carbonyl (C=O) groups is 1. The molecular formula is C15H9Cl2F3N2OS. The van der Waals surface area contributed by atoms with Crippen LogP contribution in [0.2, 0.25) is 10.0 Å². The minimum absolute atomic E-state index is 0.100. The Morgan fingerprint density at radius 3 is 2.21 bits per heavy atom. The average molecular weight is 393 g/mol. The van der Waals surface area contributed by atoms with Gasteiger partial charge in [-0.3, -0.25) is 10.1 Å². The van der Waals surface area contributed by atoms with Gasteiger partial charge in [0, 0.05) is 10.6 Å². The van der Waals surface area contributed by atoms with Gasteiger partial charge in [0.15, 0.2) is 5.11 Å². The maximum atomic E-state index is 12.6. The minimum atomic E-state index is -4.49.